The molecule has 0 unspecified atom stereocenters. The third-order valence-electron chi connectivity index (χ3n) is 4.93. The molecule has 1 aliphatic heterocycles. The van der Waals surface area contributed by atoms with Crippen LogP contribution in [0.3, 0.4) is 0 Å². The predicted octanol–water partition coefficient (Wildman–Crippen LogP) is 3.30. The lowest BCUT2D eigenvalue weighted by Gasteiger charge is -2.17. The van der Waals surface area contributed by atoms with E-state index in [9.17, 15) is 9.59 Å². The van der Waals surface area contributed by atoms with E-state index in [0.717, 1.165) is 36.2 Å². The van der Waals surface area contributed by atoms with Gasteiger partial charge in [-0.05, 0) is 49.9 Å². The third-order valence-corrected chi connectivity index (χ3v) is 4.93. The quantitative estimate of drug-likeness (QED) is 0.713. The van der Waals surface area contributed by atoms with Gasteiger partial charge in [0, 0.05) is 12.2 Å². The number of imidazole rings is 1. The summed E-state index contributed by atoms with van der Waals surface area (Å²) < 4.78 is 7.12. The summed E-state index contributed by atoms with van der Waals surface area (Å²) in [6.45, 7) is 2.90. The number of hydrogen-bond acceptors (Lipinski definition) is 4. The van der Waals surface area contributed by atoms with Gasteiger partial charge in [0.05, 0.1) is 18.5 Å². The Morgan fingerprint density at radius 1 is 1.14 bits per heavy atom. The minimum absolute atomic E-state index is 0.274. The van der Waals surface area contributed by atoms with Crippen LogP contribution in [-0.4, -0.2) is 21.4 Å². The lowest BCUT2D eigenvalue weighted by Crippen LogP contribution is -2.27. The molecule has 0 bridgehead atoms. The van der Waals surface area contributed by atoms with E-state index in [0.29, 0.717) is 18.0 Å². The SMILES string of the molecule is Cc1ccccc1NC(=O)c1nc(C(=O)NCc2ccco2)n2c1CCCC2. The van der Waals surface area contributed by atoms with Crippen molar-refractivity contribution in [3.05, 3.63) is 71.2 Å². The molecule has 1 aliphatic rings. The van der Waals surface area contributed by atoms with Gasteiger partial charge in [-0.1, -0.05) is 18.2 Å². The van der Waals surface area contributed by atoms with Crippen molar-refractivity contribution >= 4 is 17.5 Å². The number of rotatable bonds is 5. The molecule has 3 heterocycles. The first kappa shape index (κ1) is 18.0. The zero-order valence-electron chi connectivity index (χ0n) is 15.7. The molecule has 1 aromatic carbocycles. The van der Waals surface area contributed by atoms with Crippen molar-refractivity contribution in [2.24, 2.45) is 0 Å². The molecule has 7 heteroatoms. The van der Waals surface area contributed by atoms with Crippen molar-refractivity contribution in [3.63, 3.8) is 0 Å². The van der Waals surface area contributed by atoms with Crippen LogP contribution in [0.15, 0.2) is 47.1 Å². The van der Waals surface area contributed by atoms with Crippen LogP contribution in [0.1, 0.15) is 51.0 Å². The predicted molar refractivity (Wildman–Crippen MR) is 104 cm³/mol. The van der Waals surface area contributed by atoms with Gasteiger partial charge in [-0.2, -0.15) is 0 Å². The van der Waals surface area contributed by atoms with Crippen LogP contribution in [0.4, 0.5) is 5.69 Å². The molecule has 7 nitrogen and oxygen atoms in total. The number of aromatic nitrogens is 2. The largest absolute Gasteiger partial charge is 0.467 e. The molecule has 2 aromatic heterocycles. The number of carbonyl (C=O) groups is 2. The molecule has 3 aromatic rings. The second kappa shape index (κ2) is 7.72. The molecule has 144 valence electrons. The van der Waals surface area contributed by atoms with E-state index in [-0.39, 0.29) is 24.2 Å². The van der Waals surface area contributed by atoms with Crippen molar-refractivity contribution in [2.75, 3.05) is 5.32 Å². The van der Waals surface area contributed by atoms with Gasteiger partial charge in [0.15, 0.2) is 11.5 Å². The van der Waals surface area contributed by atoms with Crippen LogP contribution in [0.25, 0.3) is 0 Å². The van der Waals surface area contributed by atoms with Crippen LogP contribution in [0, 0.1) is 6.92 Å². The van der Waals surface area contributed by atoms with E-state index in [2.05, 4.69) is 15.6 Å². The number of nitrogens with zero attached hydrogens (tertiary/aromatic N) is 2. The first-order chi connectivity index (χ1) is 13.6. The summed E-state index contributed by atoms with van der Waals surface area (Å²) >= 11 is 0. The number of fused-ring (bicyclic) bond motifs is 1. The van der Waals surface area contributed by atoms with Crippen LogP contribution < -0.4 is 10.6 Å². The molecular formula is C21H22N4O3. The number of anilines is 1. The van der Waals surface area contributed by atoms with E-state index in [1.807, 2.05) is 35.8 Å². The summed E-state index contributed by atoms with van der Waals surface area (Å²) in [5.74, 6) is 0.340. The standard InChI is InChI=1S/C21H22N4O3/c1-14-7-2-3-9-16(14)23-20(26)18-17-10-4-5-11-25(17)19(24-18)21(27)22-13-15-8-6-12-28-15/h2-3,6-9,12H,4-5,10-11,13H2,1H3,(H,22,27)(H,23,26). The third kappa shape index (κ3) is 3.55. The average molecular weight is 378 g/mol. The number of benzene rings is 1. The fraction of sp³-hybridized carbons (Fsp3) is 0.286. The minimum Gasteiger partial charge on any atom is -0.467 e. The zero-order chi connectivity index (χ0) is 19.5. The van der Waals surface area contributed by atoms with Crippen LogP contribution in [-0.2, 0) is 19.5 Å². The fourth-order valence-electron chi connectivity index (χ4n) is 3.45. The number of carbonyl (C=O) groups excluding carboxylic acids is 2. The number of nitrogens with one attached hydrogen (secondary N) is 2. The topological polar surface area (TPSA) is 89.2 Å². The number of aryl methyl sites for hydroxylation is 1. The van der Waals surface area contributed by atoms with Gasteiger partial charge in [-0.25, -0.2) is 4.98 Å². The molecule has 2 N–H and O–H groups in total. The second-order valence-corrected chi connectivity index (χ2v) is 6.87. The molecule has 0 radical (unpaired) electrons. The summed E-state index contributed by atoms with van der Waals surface area (Å²) in [5.41, 5.74) is 2.86. The van der Waals surface area contributed by atoms with Crippen molar-refractivity contribution in [1.82, 2.24) is 14.9 Å². The zero-order valence-corrected chi connectivity index (χ0v) is 15.7. The summed E-state index contributed by atoms with van der Waals surface area (Å²) in [5, 5.41) is 5.74. The molecule has 0 spiro atoms. The smallest absolute Gasteiger partial charge is 0.287 e. The van der Waals surface area contributed by atoms with E-state index in [4.69, 9.17) is 4.42 Å². The molecule has 0 atom stereocenters. The molecule has 4 rings (SSSR count). The Hall–Kier alpha value is -3.35. The molecule has 0 saturated heterocycles. The minimum atomic E-state index is -0.311. The maximum absolute atomic E-state index is 12.9. The molecular weight excluding hydrogens is 356 g/mol. The van der Waals surface area contributed by atoms with Crippen LogP contribution in [0.2, 0.25) is 0 Å². The Morgan fingerprint density at radius 2 is 2.00 bits per heavy atom. The van der Waals surface area contributed by atoms with Crippen molar-refractivity contribution < 1.29 is 14.0 Å². The van der Waals surface area contributed by atoms with Gasteiger partial charge in [0.1, 0.15) is 5.76 Å². The Kier molecular flexibility index (Phi) is 4.97. The van der Waals surface area contributed by atoms with E-state index in [1.54, 1.807) is 18.4 Å². The highest BCUT2D eigenvalue weighted by molar-refractivity contribution is 6.05. The molecule has 2 amide bonds. The lowest BCUT2D eigenvalue weighted by molar-refractivity contribution is 0.0932. The Bertz CT molecular complexity index is 1000. The molecule has 0 aliphatic carbocycles. The van der Waals surface area contributed by atoms with Gasteiger partial charge >= 0.3 is 0 Å². The second-order valence-electron chi connectivity index (χ2n) is 6.87. The van der Waals surface area contributed by atoms with Crippen molar-refractivity contribution in [3.8, 4) is 0 Å². The maximum atomic E-state index is 12.9. The summed E-state index contributed by atoms with van der Waals surface area (Å²) in [6, 6.07) is 11.2. The van der Waals surface area contributed by atoms with Gasteiger partial charge < -0.3 is 19.6 Å². The summed E-state index contributed by atoms with van der Waals surface area (Å²) in [7, 11) is 0. The van der Waals surface area contributed by atoms with Crippen molar-refractivity contribution in [1.29, 1.82) is 0 Å². The lowest BCUT2D eigenvalue weighted by atomic mass is 10.1. The molecule has 0 saturated carbocycles. The molecule has 0 fully saturated rings. The van der Waals surface area contributed by atoms with Gasteiger partial charge in [0.2, 0.25) is 0 Å². The van der Waals surface area contributed by atoms with E-state index < -0.39 is 0 Å². The Labute approximate surface area is 162 Å². The average Bonchev–Trinajstić information content (AvgIpc) is 3.36. The normalized spacial score (nSPS) is 13.0. The van der Waals surface area contributed by atoms with Gasteiger partial charge in [-0.15, -0.1) is 0 Å². The first-order valence-corrected chi connectivity index (χ1v) is 9.40. The number of furan rings is 1. The van der Waals surface area contributed by atoms with Gasteiger partial charge in [0.25, 0.3) is 11.8 Å². The first-order valence-electron chi connectivity index (χ1n) is 9.40. The highest BCUT2D eigenvalue weighted by Crippen LogP contribution is 2.23. The maximum Gasteiger partial charge on any atom is 0.287 e. The number of hydrogen-bond donors (Lipinski definition) is 2. The number of amides is 2. The summed E-state index contributed by atoms with van der Waals surface area (Å²) in [6.07, 6.45) is 4.23. The van der Waals surface area contributed by atoms with Crippen LogP contribution >= 0.6 is 0 Å². The highest BCUT2D eigenvalue weighted by Gasteiger charge is 2.27. The highest BCUT2D eigenvalue weighted by atomic mass is 16.3. The fourth-order valence-corrected chi connectivity index (χ4v) is 3.45. The molecule has 28 heavy (non-hydrogen) atoms. The van der Waals surface area contributed by atoms with Gasteiger partial charge in [-0.3, -0.25) is 9.59 Å². The summed E-state index contributed by atoms with van der Waals surface area (Å²) in [4.78, 5) is 30.0. The van der Waals surface area contributed by atoms with Crippen LogP contribution in [0.5, 0.6) is 0 Å². The van der Waals surface area contributed by atoms with E-state index >= 15 is 0 Å². The van der Waals surface area contributed by atoms with E-state index in [1.165, 1.54) is 0 Å². The monoisotopic (exact) mass is 378 g/mol. The Morgan fingerprint density at radius 3 is 2.79 bits per heavy atom. The number of para-hydroxylation sites is 1. The van der Waals surface area contributed by atoms with Crippen molar-refractivity contribution in [2.45, 2.75) is 39.3 Å². The Balaban J connectivity index is 1.58.